The molecule has 3 nitrogen and oxygen atoms in total. The lowest BCUT2D eigenvalue weighted by molar-refractivity contribution is 0.304. The summed E-state index contributed by atoms with van der Waals surface area (Å²) in [6.07, 6.45) is 4.69. The molecule has 4 heteroatoms. The van der Waals surface area contributed by atoms with Crippen LogP contribution in [0.2, 0.25) is 0 Å². The molecule has 3 aromatic carbocycles. The summed E-state index contributed by atoms with van der Waals surface area (Å²) in [6.45, 7) is 9.14. The Bertz CT molecular complexity index is 1040. The van der Waals surface area contributed by atoms with Crippen molar-refractivity contribution in [2.24, 2.45) is 5.92 Å². The first-order valence-corrected chi connectivity index (χ1v) is 13.0. The van der Waals surface area contributed by atoms with E-state index >= 15 is 0 Å². The molecule has 176 valence electrons. The zero-order chi connectivity index (χ0) is 23.8. The molecule has 0 aliphatic heterocycles. The molecule has 0 heterocycles. The van der Waals surface area contributed by atoms with Gasteiger partial charge in [0, 0.05) is 4.47 Å². The minimum Gasteiger partial charge on any atom is -0.487 e. The summed E-state index contributed by atoms with van der Waals surface area (Å²) in [5, 5.41) is 3.56. The SMILES string of the molecule is CC.CCC1CCc2c(cc(OCc3ccccc3)c(Nc3ccccc3N)c2Br)C1CC. The van der Waals surface area contributed by atoms with Crippen molar-refractivity contribution in [2.45, 2.75) is 65.9 Å². The number of ether oxygens (including phenoxy) is 1. The van der Waals surface area contributed by atoms with Crippen molar-refractivity contribution in [3.63, 3.8) is 0 Å². The van der Waals surface area contributed by atoms with Crippen LogP contribution in [0.4, 0.5) is 17.1 Å². The molecule has 0 aromatic heterocycles. The average Bonchev–Trinajstić information content (AvgIpc) is 2.86. The predicted octanol–water partition coefficient (Wildman–Crippen LogP) is 8.85. The largest absolute Gasteiger partial charge is 0.487 e. The van der Waals surface area contributed by atoms with Gasteiger partial charge in [0.15, 0.2) is 0 Å². The van der Waals surface area contributed by atoms with Crippen LogP contribution in [0, 0.1) is 5.92 Å². The molecule has 0 bridgehead atoms. The first-order chi connectivity index (χ1) is 16.1. The van der Waals surface area contributed by atoms with Gasteiger partial charge in [-0.2, -0.15) is 0 Å². The highest BCUT2D eigenvalue weighted by Crippen LogP contribution is 2.49. The van der Waals surface area contributed by atoms with Crippen LogP contribution >= 0.6 is 15.9 Å². The summed E-state index contributed by atoms with van der Waals surface area (Å²) in [6, 6.07) is 20.5. The van der Waals surface area contributed by atoms with E-state index in [1.165, 1.54) is 24.0 Å². The Morgan fingerprint density at radius 3 is 2.36 bits per heavy atom. The number of nitrogens with one attached hydrogen (secondary N) is 1. The minimum atomic E-state index is 0.527. The number of benzene rings is 3. The van der Waals surface area contributed by atoms with Gasteiger partial charge >= 0.3 is 0 Å². The van der Waals surface area contributed by atoms with E-state index in [1.54, 1.807) is 0 Å². The molecule has 3 N–H and O–H groups in total. The third kappa shape index (κ3) is 5.73. The summed E-state index contributed by atoms with van der Waals surface area (Å²) >= 11 is 3.94. The molecule has 33 heavy (non-hydrogen) atoms. The highest BCUT2D eigenvalue weighted by atomic mass is 79.9. The van der Waals surface area contributed by atoms with Crippen LogP contribution in [-0.2, 0) is 13.0 Å². The highest BCUT2D eigenvalue weighted by Gasteiger charge is 2.31. The number of rotatable bonds is 7. The van der Waals surface area contributed by atoms with E-state index in [4.69, 9.17) is 10.5 Å². The van der Waals surface area contributed by atoms with E-state index in [-0.39, 0.29) is 0 Å². The number of hydrogen-bond donors (Lipinski definition) is 2. The number of hydrogen-bond acceptors (Lipinski definition) is 3. The quantitative estimate of drug-likeness (QED) is 0.313. The zero-order valence-electron chi connectivity index (χ0n) is 20.3. The number of nitrogens with two attached hydrogens (primary N) is 1. The van der Waals surface area contributed by atoms with Crippen LogP contribution in [0.5, 0.6) is 5.75 Å². The van der Waals surface area contributed by atoms with Gasteiger partial charge in [-0.1, -0.05) is 76.6 Å². The average molecular weight is 510 g/mol. The highest BCUT2D eigenvalue weighted by molar-refractivity contribution is 9.10. The van der Waals surface area contributed by atoms with Crippen LogP contribution in [-0.4, -0.2) is 0 Å². The molecule has 0 saturated heterocycles. The van der Waals surface area contributed by atoms with Gasteiger partial charge in [-0.25, -0.2) is 0 Å². The van der Waals surface area contributed by atoms with E-state index in [0.717, 1.165) is 51.6 Å². The van der Waals surface area contributed by atoms with Crippen molar-refractivity contribution < 1.29 is 4.74 Å². The second kappa shape index (κ2) is 12.1. The second-order valence-corrected chi connectivity index (χ2v) is 9.13. The van der Waals surface area contributed by atoms with Gasteiger partial charge in [-0.05, 0) is 81.9 Å². The Morgan fingerprint density at radius 2 is 1.70 bits per heavy atom. The third-order valence-electron chi connectivity index (χ3n) is 6.52. The number of nitrogen functional groups attached to an aromatic ring is 1. The molecule has 0 radical (unpaired) electrons. The fourth-order valence-corrected chi connectivity index (χ4v) is 5.53. The lowest BCUT2D eigenvalue weighted by Crippen LogP contribution is -2.21. The number of halogens is 1. The number of para-hydroxylation sites is 2. The first-order valence-electron chi connectivity index (χ1n) is 12.3. The van der Waals surface area contributed by atoms with Crippen LogP contribution in [0.3, 0.4) is 0 Å². The van der Waals surface area contributed by atoms with Crippen molar-refractivity contribution in [3.8, 4) is 5.75 Å². The van der Waals surface area contributed by atoms with Crippen LogP contribution < -0.4 is 15.8 Å². The van der Waals surface area contributed by atoms with Gasteiger partial charge in [0.05, 0.1) is 17.1 Å². The van der Waals surface area contributed by atoms with E-state index in [0.29, 0.717) is 12.5 Å². The summed E-state index contributed by atoms with van der Waals surface area (Å²) in [5.41, 5.74) is 12.8. The Balaban J connectivity index is 0.00000149. The van der Waals surface area contributed by atoms with Gasteiger partial charge in [0.1, 0.15) is 12.4 Å². The van der Waals surface area contributed by atoms with Gasteiger partial charge < -0.3 is 15.8 Å². The molecule has 0 amide bonds. The standard InChI is InChI=1S/C27H31BrN2O.C2H6/c1-3-19-14-15-21-22(20(19)4-2)16-25(31-17-18-10-6-5-7-11-18)27(26(21)28)30-24-13-9-8-12-23(24)29;1-2/h5-13,16,19-20,30H,3-4,14-15,17,29H2,1-2H3;1-2H3. The summed E-state index contributed by atoms with van der Waals surface area (Å²) in [4.78, 5) is 0. The maximum Gasteiger partial charge on any atom is 0.144 e. The fraction of sp³-hybridized carbons (Fsp3) is 0.379. The Morgan fingerprint density at radius 1 is 1.00 bits per heavy atom. The molecule has 0 fully saturated rings. The third-order valence-corrected chi connectivity index (χ3v) is 7.40. The fourth-order valence-electron chi connectivity index (χ4n) is 4.81. The van der Waals surface area contributed by atoms with Crippen molar-refractivity contribution in [1.29, 1.82) is 0 Å². The Labute approximate surface area is 207 Å². The number of anilines is 3. The molecule has 0 spiro atoms. The molecule has 3 aromatic rings. The lowest BCUT2D eigenvalue weighted by atomic mass is 9.72. The zero-order valence-corrected chi connectivity index (χ0v) is 21.9. The van der Waals surface area contributed by atoms with Crippen LogP contribution in [0.1, 0.15) is 69.6 Å². The molecule has 1 aliphatic carbocycles. The van der Waals surface area contributed by atoms with E-state index < -0.39 is 0 Å². The van der Waals surface area contributed by atoms with Gasteiger partial charge in [-0.15, -0.1) is 0 Å². The van der Waals surface area contributed by atoms with Crippen molar-refractivity contribution >= 4 is 33.0 Å². The maximum atomic E-state index is 6.41. The van der Waals surface area contributed by atoms with E-state index in [9.17, 15) is 0 Å². The number of fused-ring (bicyclic) bond motifs is 1. The molecular weight excluding hydrogens is 472 g/mol. The summed E-state index contributed by atoms with van der Waals surface area (Å²) < 4.78 is 7.51. The molecule has 2 atom stereocenters. The van der Waals surface area contributed by atoms with E-state index in [2.05, 4.69) is 53.3 Å². The normalized spacial score (nSPS) is 16.9. The van der Waals surface area contributed by atoms with Gasteiger partial charge in [0.25, 0.3) is 0 Å². The van der Waals surface area contributed by atoms with E-state index in [1.807, 2.05) is 56.3 Å². The van der Waals surface area contributed by atoms with Gasteiger partial charge in [-0.3, -0.25) is 0 Å². The molecule has 0 saturated carbocycles. The predicted molar refractivity (Wildman–Crippen MR) is 146 cm³/mol. The first kappa shape index (κ1) is 25.2. The maximum absolute atomic E-state index is 6.41. The van der Waals surface area contributed by atoms with Crippen molar-refractivity contribution in [3.05, 3.63) is 81.8 Å². The molecular formula is C29H37BrN2O. The summed E-state index contributed by atoms with van der Waals surface area (Å²) in [7, 11) is 0. The smallest absolute Gasteiger partial charge is 0.144 e. The Kier molecular flexibility index (Phi) is 9.25. The van der Waals surface area contributed by atoms with Crippen molar-refractivity contribution in [1.82, 2.24) is 0 Å². The monoisotopic (exact) mass is 508 g/mol. The molecule has 1 aliphatic rings. The topological polar surface area (TPSA) is 47.3 Å². The van der Waals surface area contributed by atoms with Crippen LogP contribution in [0.25, 0.3) is 0 Å². The molecule has 4 rings (SSSR count). The lowest BCUT2D eigenvalue weighted by Gasteiger charge is -2.34. The minimum absolute atomic E-state index is 0.527. The summed E-state index contributed by atoms with van der Waals surface area (Å²) in [5.74, 6) is 2.17. The van der Waals surface area contributed by atoms with Gasteiger partial charge in [0.2, 0.25) is 0 Å². The Hall–Kier alpha value is -2.46. The molecule has 2 unspecified atom stereocenters. The second-order valence-electron chi connectivity index (χ2n) is 8.34. The van der Waals surface area contributed by atoms with Crippen molar-refractivity contribution in [2.75, 3.05) is 11.1 Å². The van der Waals surface area contributed by atoms with Crippen LogP contribution in [0.15, 0.2) is 65.1 Å².